The van der Waals surface area contributed by atoms with E-state index in [1.54, 1.807) is 36.4 Å². The number of ketones is 1. The highest BCUT2D eigenvalue weighted by atomic mass is 16.6. The zero-order chi connectivity index (χ0) is 19.4. The van der Waals surface area contributed by atoms with E-state index in [1.807, 2.05) is 0 Å². The Morgan fingerprint density at radius 3 is 2.59 bits per heavy atom. The minimum Gasteiger partial charge on any atom is -0.457 e. The summed E-state index contributed by atoms with van der Waals surface area (Å²) in [6.45, 7) is -0.345. The highest BCUT2D eigenvalue weighted by Crippen LogP contribution is 2.28. The molecule has 0 spiro atoms. The summed E-state index contributed by atoms with van der Waals surface area (Å²) in [5, 5.41) is 10.9. The smallest absolute Gasteiger partial charge is 0.311 e. The lowest BCUT2D eigenvalue weighted by molar-refractivity contribution is -0.384. The molecule has 1 atom stereocenters. The van der Waals surface area contributed by atoms with E-state index in [0.717, 1.165) is 0 Å². The van der Waals surface area contributed by atoms with Crippen LogP contribution in [0, 0.1) is 16.0 Å². The summed E-state index contributed by atoms with van der Waals surface area (Å²) >= 11 is 0. The van der Waals surface area contributed by atoms with Crippen LogP contribution in [0.1, 0.15) is 16.8 Å². The number of nitro benzene ring substituents is 1. The third-order valence-corrected chi connectivity index (χ3v) is 4.25. The monoisotopic (exact) mass is 368 g/mol. The van der Waals surface area contributed by atoms with Gasteiger partial charge in [-0.2, -0.15) is 0 Å². The Labute approximate surface area is 154 Å². The number of nitro groups is 1. The fraction of sp³-hybridized carbons (Fsp3) is 0.211. The van der Waals surface area contributed by atoms with E-state index in [2.05, 4.69) is 0 Å². The van der Waals surface area contributed by atoms with Gasteiger partial charge in [0, 0.05) is 30.7 Å². The number of esters is 1. The number of carbonyl (C=O) groups is 3. The van der Waals surface area contributed by atoms with Gasteiger partial charge in [-0.3, -0.25) is 24.5 Å². The molecule has 8 nitrogen and oxygen atoms in total. The van der Waals surface area contributed by atoms with Crippen LogP contribution in [0.25, 0.3) is 0 Å². The average molecular weight is 368 g/mol. The standard InChI is InChI=1S/C19H16N2O6/c22-17(13-5-2-1-3-6-13)12-27-19(24)14-9-18(23)20(11-14)15-7-4-8-16(10-15)21(25)26/h1-8,10,14H,9,11-12H2/t14-/m0/s1. The summed E-state index contributed by atoms with van der Waals surface area (Å²) in [4.78, 5) is 48.1. The fourth-order valence-corrected chi connectivity index (χ4v) is 2.85. The number of non-ortho nitro benzene ring substituents is 1. The van der Waals surface area contributed by atoms with Gasteiger partial charge in [-0.05, 0) is 6.07 Å². The molecule has 1 aliphatic heterocycles. The first-order chi connectivity index (χ1) is 13.0. The van der Waals surface area contributed by atoms with Gasteiger partial charge in [0.25, 0.3) is 5.69 Å². The first kappa shape index (κ1) is 18.2. The Morgan fingerprint density at radius 2 is 1.89 bits per heavy atom. The Balaban J connectivity index is 1.61. The molecule has 0 N–H and O–H groups in total. The molecule has 1 amide bonds. The number of rotatable bonds is 6. The minimum atomic E-state index is -0.722. The average Bonchev–Trinajstić information content (AvgIpc) is 3.08. The normalized spacial score (nSPS) is 16.2. The lowest BCUT2D eigenvalue weighted by atomic mass is 10.1. The van der Waals surface area contributed by atoms with Crippen molar-refractivity contribution in [1.29, 1.82) is 0 Å². The Bertz CT molecular complexity index is 896. The Morgan fingerprint density at radius 1 is 1.15 bits per heavy atom. The number of carbonyl (C=O) groups excluding carboxylic acids is 3. The molecule has 0 saturated carbocycles. The van der Waals surface area contributed by atoms with Crippen molar-refractivity contribution in [3.8, 4) is 0 Å². The predicted octanol–water partition coefficient (Wildman–Crippen LogP) is 2.37. The maximum Gasteiger partial charge on any atom is 0.311 e. The molecule has 2 aromatic rings. The second kappa shape index (κ2) is 7.77. The largest absolute Gasteiger partial charge is 0.457 e. The van der Waals surface area contributed by atoms with Crippen LogP contribution in [0.4, 0.5) is 11.4 Å². The van der Waals surface area contributed by atoms with E-state index in [9.17, 15) is 24.5 Å². The SMILES string of the molecule is O=C(COC(=O)[C@H]1CC(=O)N(c2cccc([N+](=O)[O-])c2)C1)c1ccccc1. The van der Waals surface area contributed by atoms with Crippen LogP contribution in [0.15, 0.2) is 54.6 Å². The van der Waals surface area contributed by atoms with Crippen molar-refractivity contribution < 1.29 is 24.0 Å². The van der Waals surface area contributed by atoms with Crippen molar-refractivity contribution >= 4 is 29.0 Å². The maximum absolute atomic E-state index is 12.2. The van der Waals surface area contributed by atoms with Gasteiger partial charge in [0.1, 0.15) is 0 Å². The molecular weight excluding hydrogens is 352 g/mol. The summed E-state index contributed by atoms with van der Waals surface area (Å²) in [7, 11) is 0. The zero-order valence-corrected chi connectivity index (χ0v) is 14.2. The lowest BCUT2D eigenvalue weighted by Crippen LogP contribution is -2.27. The summed E-state index contributed by atoms with van der Waals surface area (Å²) < 4.78 is 5.06. The van der Waals surface area contributed by atoms with E-state index in [0.29, 0.717) is 11.3 Å². The molecule has 138 valence electrons. The highest BCUT2D eigenvalue weighted by molar-refractivity contribution is 6.01. The van der Waals surface area contributed by atoms with Crippen molar-refractivity contribution in [2.75, 3.05) is 18.1 Å². The van der Waals surface area contributed by atoms with E-state index in [-0.39, 0.29) is 30.3 Å². The lowest BCUT2D eigenvalue weighted by Gasteiger charge is -2.16. The molecule has 3 rings (SSSR count). The molecule has 0 bridgehead atoms. The molecule has 1 fully saturated rings. The van der Waals surface area contributed by atoms with Gasteiger partial charge in [0.15, 0.2) is 12.4 Å². The molecule has 1 heterocycles. The quantitative estimate of drug-likeness (QED) is 0.335. The number of hydrogen-bond acceptors (Lipinski definition) is 6. The van der Waals surface area contributed by atoms with Gasteiger partial charge < -0.3 is 9.64 Å². The van der Waals surface area contributed by atoms with Crippen molar-refractivity contribution in [3.05, 3.63) is 70.3 Å². The number of benzene rings is 2. The van der Waals surface area contributed by atoms with E-state index in [4.69, 9.17) is 4.74 Å². The first-order valence-electron chi connectivity index (χ1n) is 8.25. The van der Waals surface area contributed by atoms with E-state index in [1.165, 1.54) is 23.1 Å². The molecule has 1 saturated heterocycles. The molecule has 0 aromatic heterocycles. The zero-order valence-electron chi connectivity index (χ0n) is 14.2. The minimum absolute atomic E-state index is 0.0539. The number of ether oxygens (including phenoxy) is 1. The predicted molar refractivity (Wildman–Crippen MR) is 95.3 cm³/mol. The van der Waals surface area contributed by atoms with Crippen LogP contribution in [-0.4, -0.2) is 35.7 Å². The van der Waals surface area contributed by atoms with Crippen molar-refractivity contribution in [2.45, 2.75) is 6.42 Å². The molecule has 27 heavy (non-hydrogen) atoms. The number of amides is 1. The number of anilines is 1. The number of hydrogen-bond donors (Lipinski definition) is 0. The van der Waals surface area contributed by atoms with Crippen LogP contribution in [0.3, 0.4) is 0 Å². The van der Waals surface area contributed by atoms with Crippen LogP contribution in [0.5, 0.6) is 0 Å². The summed E-state index contributed by atoms with van der Waals surface area (Å²) in [5.41, 5.74) is 0.649. The van der Waals surface area contributed by atoms with Crippen LogP contribution < -0.4 is 4.90 Å². The van der Waals surface area contributed by atoms with Crippen molar-refractivity contribution in [2.24, 2.45) is 5.92 Å². The Kier molecular flexibility index (Phi) is 5.25. The molecule has 0 unspecified atom stereocenters. The third kappa shape index (κ3) is 4.17. The van der Waals surface area contributed by atoms with Gasteiger partial charge in [0.2, 0.25) is 5.91 Å². The maximum atomic E-state index is 12.2. The summed E-state index contributed by atoms with van der Waals surface area (Å²) in [6, 6.07) is 14.1. The van der Waals surface area contributed by atoms with Crippen molar-refractivity contribution in [3.63, 3.8) is 0 Å². The van der Waals surface area contributed by atoms with Crippen LogP contribution >= 0.6 is 0 Å². The second-order valence-electron chi connectivity index (χ2n) is 6.08. The van der Waals surface area contributed by atoms with Crippen molar-refractivity contribution in [1.82, 2.24) is 0 Å². The fourth-order valence-electron chi connectivity index (χ4n) is 2.85. The second-order valence-corrected chi connectivity index (χ2v) is 6.08. The number of nitrogens with zero attached hydrogens (tertiary/aromatic N) is 2. The van der Waals surface area contributed by atoms with Gasteiger partial charge in [0.05, 0.1) is 16.5 Å². The Hall–Kier alpha value is -3.55. The van der Waals surface area contributed by atoms with Gasteiger partial charge in [-0.1, -0.05) is 36.4 Å². The topological polar surface area (TPSA) is 107 Å². The van der Waals surface area contributed by atoms with E-state index >= 15 is 0 Å². The van der Waals surface area contributed by atoms with Gasteiger partial charge in [-0.15, -0.1) is 0 Å². The number of Topliss-reactive ketones (excluding diaryl/α,β-unsaturated/α-hetero) is 1. The molecule has 0 radical (unpaired) electrons. The molecule has 0 aliphatic carbocycles. The highest BCUT2D eigenvalue weighted by Gasteiger charge is 2.36. The summed E-state index contributed by atoms with van der Waals surface area (Å²) in [6.07, 6.45) is -0.0684. The summed E-state index contributed by atoms with van der Waals surface area (Å²) in [5.74, 6) is -2.02. The molecular formula is C19H16N2O6. The van der Waals surface area contributed by atoms with Crippen LogP contribution in [-0.2, 0) is 14.3 Å². The van der Waals surface area contributed by atoms with Gasteiger partial charge in [-0.25, -0.2) is 0 Å². The first-order valence-corrected chi connectivity index (χ1v) is 8.25. The molecule has 8 heteroatoms. The molecule has 2 aromatic carbocycles. The van der Waals surface area contributed by atoms with Gasteiger partial charge >= 0.3 is 5.97 Å². The van der Waals surface area contributed by atoms with E-state index < -0.39 is 23.4 Å². The van der Waals surface area contributed by atoms with Crippen LogP contribution in [0.2, 0.25) is 0 Å². The molecule has 1 aliphatic rings. The third-order valence-electron chi connectivity index (χ3n) is 4.25.